The Kier molecular flexibility index (Phi) is 7.99. The molecule has 2 amide bonds. The van der Waals surface area contributed by atoms with Crippen LogP contribution in [-0.4, -0.2) is 35.1 Å². The molecule has 2 aromatic rings. The van der Waals surface area contributed by atoms with Crippen LogP contribution in [0.5, 0.6) is 11.5 Å². The third kappa shape index (κ3) is 6.77. The number of nitrogens with zero attached hydrogens (tertiary/aromatic N) is 1. The number of carbonyl (C=O) groups excluding carboxylic acids is 2. The molecule has 188 valence electrons. The van der Waals surface area contributed by atoms with E-state index in [9.17, 15) is 9.59 Å². The third-order valence-electron chi connectivity index (χ3n) is 6.82. The van der Waals surface area contributed by atoms with Gasteiger partial charge in [-0.15, -0.1) is 0 Å². The van der Waals surface area contributed by atoms with Gasteiger partial charge in [-0.3, -0.25) is 4.79 Å². The summed E-state index contributed by atoms with van der Waals surface area (Å²) in [6, 6.07) is 17.1. The van der Waals surface area contributed by atoms with E-state index in [1.807, 2.05) is 74.2 Å². The van der Waals surface area contributed by atoms with Crippen molar-refractivity contribution in [1.29, 1.82) is 0 Å². The standard InChI is InChI=1S/C29H38N2O4/c1-29(2,3)35-28(33)30-26(21-12-6-4-7-13-21)27(32)31-19-11-18-25(31)22-14-10-17-24(20-22)34-23-15-8-5-9-16-23/h5,8-10,14-17,20-21,25-26H,4,6-7,11-13,18-19H2,1-3H3,(H,30,33)/t25?,26-/m0/s1. The average molecular weight is 479 g/mol. The van der Waals surface area contributed by atoms with Crippen LogP contribution in [0.3, 0.4) is 0 Å². The van der Waals surface area contributed by atoms with Crippen molar-refractivity contribution in [3.05, 3.63) is 60.2 Å². The molecular formula is C29H38N2O4. The van der Waals surface area contributed by atoms with Crippen LogP contribution in [0.15, 0.2) is 54.6 Å². The van der Waals surface area contributed by atoms with Gasteiger partial charge in [0.15, 0.2) is 0 Å². The summed E-state index contributed by atoms with van der Waals surface area (Å²) in [4.78, 5) is 28.6. The van der Waals surface area contributed by atoms with E-state index in [0.717, 1.165) is 55.6 Å². The first-order chi connectivity index (χ1) is 16.8. The summed E-state index contributed by atoms with van der Waals surface area (Å²) in [5.41, 5.74) is 0.448. The molecule has 1 saturated heterocycles. The van der Waals surface area contributed by atoms with Gasteiger partial charge in [-0.25, -0.2) is 4.79 Å². The molecule has 2 aliphatic rings. The number of para-hydroxylation sites is 1. The topological polar surface area (TPSA) is 67.9 Å². The predicted octanol–water partition coefficient (Wildman–Crippen LogP) is 6.62. The van der Waals surface area contributed by atoms with Gasteiger partial charge in [0.25, 0.3) is 0 Å². The van der Waals surface area contributed by atoms with Gasteiger partial charge >= 0.3 is 6.09 Å². The van der Waals surface area contributed by atoms with Gasteiger partial charge in [0.2, 0.25) is 5.91 Å². The van der Waals surface area contributed by atoms with Crippen molar-refractivity contribution in [1.82, 2.24) is 10.2 Å². The summed E-state index contributed by atoms with van der Waals surface area (Å²) in [5, 5.41) is 2.96. The van der Waals surface area contributed by atoms with Crippen LogP contribution < -0.4 is 10.1 Å². The molecule has 1 aliphatic carbocycles. The van der Waals surface area contributed by atoms with Crippen molar-refractivity contribution in [3.8, 4) is 11.5 Å². The lowest BCUT2D eigenvalue weighted by Gasteiger charge is -2.35. The van der Waals surface area contributed by atoms with E-state index in [0.29, 0.717) is 6.54 Å². The second kappa shape index (κ2) is 11.1. The fraction of sp³-hybridized carbons (Fsp3) is 0.517. The number of hydrogen-bond acceptors (Lipinski definition) is 4. The lowest BCUT2D eigenvalue weighted by atomic mass is 9.83. The van der Waals surface area contributed by atoms with Crippen molar-refractivity contribution < 1.29 is 19.1 Å². The van der Waals surface area contributed by atoms with Crippen molar-refractivity contribution in [3.63, 3.8) is 0 Å². The van der Waals surface area contributed by atoms with Gasteiger partial charge < -0.3 is 19.7 Å². The molecule has 4 rings (SSSR count). The summed E-state index contributed by atoms with van der Waals surface area (Å²) in [7, 11) is 0. The maximum Gasteiger partial charge on any atom is 0.408 e. The highest BCUT2D eigenvalue weighted by atomic mass is 16.6. The molecule has 1 heterocycles. The number of alkyl carbamates (subject to hydrolysis) is 1. The van der Waals surface area contributed by atoms with Crippen molar-refractivity contribution in [2.75, 3.05) is 6.54 Å². The first-order valence-corrected chi connectivity index (χ1v) is 12.9. The first-order valence-electron chi connectivity index (χ1n) is 12.9. The predicted molar refractivity (Wildman–Crippen MR) is 136 cm³/mol. The number of hydrogen-bond donors (Lipinski definition) is 1. The van der Waals surface area contributed by atoms with Crippen LogP contribution in [-0.2, 0) is 9.53 Å². The van der Waals surface area contributed by atoms with E-state index in [2.05, 4.69) is 11.4 Å². The van der Waals surface area contributed by atoms with Crippen molar-refractivity contribution >= 4 is 12.0 Å². The maximum atomic E-state index is 13.9. The summed E-state index contributed by atoms with van der Waals surface area (Å²) in [5.74, 6) is 1.67. The number of ether oxygens (including phenoxy) is 2. The van der Waals surface area contributed by atoms with Crippen molar-refractivity contribution in [2.45, 2.75) is 83.4 Å². The Morgan fingerprint density at radius 3 is 2.34 bits per heavy atom. The normalized spacial score (nSPS) is 19.7. The summed E-state index contributed by atoms with van der Waals surface area (Å²) >= 11 is 0. The van der Waals surface area contributed by atoms with Gasteiger partial charge in [0, 0.05) is 6.54 Å². The molecule has 1 N–H and O–H groups in total. The van der Waals surface area contributed by atoms with Gasteiger partial charge in [0.1, 0.15) is 23.1 Å². The third-order valence-corrected chi connectivity index (χ3v) is 6.82. The monoisotopic (exact) mass is 478 g/mol. The Balaban J connectivity index is 1.52. The quantitative estimate of drug-likeness (QED) is 0.507. The molecule has 1 saturated carbocycles. The Bertz CT molecular complexity index is 995. The van der Waals surface area contributed by atoms with Crippen LogP contribution in [0.1, 0.15) is 77.3 Å². The average Bonchev–Trinajstić information content (AvgIpc) is 3.33. The minimum absolute atomic E-state index is 0.000333. The molecule has 0 spiro atoms. The molecule has 2 aromatic carbocycles. The SMILES string of the molecule is CC(C)(C)OC(=O)N[C@H](C(=O)N1CCCC1c1cccc(Oc2ccccc2)c1)C1CCCCC1. The van der Waals surface area contributed by atoms with E-state index in [1.165, 1.54) is 6.42 Å². The second-order valence-electron chi connectivity index (χ2n) is 10.7. The summed E-state index contributed by atoms with van der Waals surface area (Å²) in [6.45, 7) is 6.20. The highest BCUT2D eigenvalue weighted by Gasteiger charge is 2.39. The smallest absolute Gasteiger partial charge is 0.408 e. The Labute approximate surface area is 209 Å². The summed E-state index contributed by atoms with van der Waals surface area (Å²) in [6.07, 6.45) is 6.57. The molecule has 0 aromatic heterocycles. The number of nitrogens with one attached hydrogen (secondary N) is 1. The van der Waals surface area contributed by atoms with E-state index >= 15 is 0 Å². The fourth-order valence-corrected chi connectivity index (χ4v) is 5.25. The zero-order valence-electron chi connectivity index (χ0n) is 21.2. The van der Waals surface area contributed by atoms with Crippen LogP contribution in [0.2, 0.25) is 0 Å². The summed E-state index contributed by atoms with van der Waals surface area (Å²) < 4.78 is 11.6. The highest BCUT2D eigenvalue weighted by molar-refractivity contribution is 5.86. The van der Waals surface area contributed by atoms with Gasteiger partial charge in [-0.1, -0.05) is 49.6 Å². The molecule has 6 heteroatoms. The molecule has 6 nitrogen and oxygen atoms in total. The van der Waals surface area contributed by atoms with Crippen LogP contribution in [0.25, 0.3) is 0 Å². The number of likely N-dealkylation sites (tertiary alicyclic amines) is 1. The lowest BCUT2D eigenvalue weighted by Crippen LogP contribution is -2.53. The first kappa shape index (κ1) is 25.1. The Morgan fingerprint density at radius 2 is 1.63 bits per heavy atom. The van der Waals surface area contributed by atoms with Crippen LogP contribution in [0.4, 0.5) is 4.79 Å². The molecule has 0 bridgehead atoms. The van der Waals surface area contributed by atoms with E-state index in [1.54, 1.807) is 0 Å². The Hall–Kier alpha value is -3.02. The molecule has 1 aliphatic heterocycles. The number of amides is 2. The molecule has 2 atom stereocenters. The minimum atomic E-state index is -0.611. The fourth-order valence-electron chi connectivity index (χ4n) is 5.25. The minimum Gasteiger partial charge on any atom is -0.457 e. The number of carbonyl (C=O) groups is 2. The van der Waals surface area contributed by atoms with Crippen LogP contribution >= 0.6 is 0 Å². The van der Waals surface area contributed by atoms with Crippen LogP contribution in [0, 0.1) is 5.92 Å². The number of benzene rings is 2. The van der Waals surface area contributed by atoms with E-state index in [-0.39, 0.29) is 17.9 Å². The van der Waals surface area contributed by atoms with Gasteiger partial charge in [-0.2, -0.15) is 0 Å². The van der Waals surface area contributed by atoms with Gasteiger partial charge in [-0.05, 0) is 82.2 Å². The zero-order valence-corrected chi connectivity index (χ0v) is 21.2. The van der Waals surface area contributed by atoms with E-state index < -0.39 is 17.7 Å². The molecule has 2 fully saturated rings. The molecule has 1 unspecified atom stereocenters. The maximum absolute atomic E-state index is 13.9. The molecule has 0 radical (unpaired) electrons. The molecular weight excluding hydrogens is 440 g/mol. The molecule has 35 heavy (non-hydrogen) atoms. The second-order valence-corrected chi connectivity index (χ2v) is 10.7. The van der Waals surface area contributed by atoms with Gasteiger partial charge in [0.05, 0.1) is 6.04 Å². The highest BCUT2D eigenvalue weighted by Crippen LogP contribution is 2.36. The van der Waals surface area contributed by atoms with Crippen molar-refractivity contribution in [2.24, 2.45) is 5.92 Å². The van der Waals surface area contributed by atoms with E-state index in [4.69, 9.17) is 9.47 Å². The number of rotatable bonds is 6. The Morgan fingerprint density at radius 1 is 0.914 bits per heavy atom. The zero-order chi connectivity index (χ0) is 24.8. The lowest BCUT2D eigenvalue weighted by molar-refractivity contribution is -0.136. The largest absolute Gasteiger partial charge is 0.457 e.